The number of benzene rings is 1. The van der Waals surface area contributed by atoms with Gasteiger partial charge in [0.2, 0.25) is 5.82 Å². The number of oxime groups is 1. The van der Waals surface area contributed by atoms with Crippen molar-refractivity contribution in [1.82, 2.24) is 20.2 Å². The molecule has 0 aliphatic rings. The van der Waals surface area contributed by atoms with Gasteiger partial charge in [0, 0.05) is 11.6 Å². The Hall–Kier alpha value is -2.84. The van der Waals surface area contributed by atoms with E-state index in [1.807, 2.05) is 0 Å². The molecule has 0 amide bonds. The lowest BCUT2D eigenvalue weighted by atomic mass is 10.2. The van der Waals surface area contributed by atoms with E-state index in [0.29, 0.717) is 22.9 Å². The fourth-order valence-electron chi connectivity index (χ4n) is 1.51. The second-order valence-corrected chi connectivity index (χ2v) is 3.87. The summed E-state index contributed by atoms with van der Waals surface area (Å²) in [5.41, 5.74) is 6.03. The van der Waals surface area contributed by atoms with Crippen LogP contribution >= 0.6 is 0 Å². The Balaban J connectivity index is 2.18. The highest BCUT2D eigenvalue weighted by molar-refractivity contribution is 5.97. The summed E-state index contributed by atoms with van der Waals surface area (Å²) in [6.07, 6.45) is 0. The fraction of sp³-hybridized carbons (Fsp3) is 0.273. The first kappa shape index (κ1) is 13.6. The van der Waals surface area contributed by atoms with Gasteiger partial charge in [0.05, 0.1) is 14.2 Å². The minimum atomic E-state index is -0.0358. The topological polar surface area (TPSA) is 121 Å². The molecule has 0 unspecified atom stereocenters. The molecular formula is C11H14N6O3. The molecule has 0 saturated carbocycles. The Morgan fingerprint density at radius 3 is 2.75 bits per heavy atom. The maximum atomic E-state index is 8.70. The van der Waals surface area contributed by atoms with E-state index in [1.165, 1.54) is 11.9 Å². The summed E-state index contributed by atoms with van der Waals surface area (Å²) in [5, 5.41) is 23.1. The summed E-state index contributed by atoms with van der Waals surface area (Å²) in [4.78, 5) is 1.34. The van der Waals surface area contributed by atoms with E-state index >= 15 is 0 Å². The van der Waals surface area contributed by atoms with Gasteiger partial charge in [0.25, 0.3) is 0 Å². The van der Waals surface area contributed by atoms with Crippen LogP contribution in [0.15, 0.2) is 23.4 Å². The van der Waals surface area contributed by atoms with Crippen molar-refractivity contribution in [2.24, 2.45) is 17.9 Å². The van der Waals surface area contributed by atoms with Crippen molar-refractivity contribution in [1.29, 1.82) is 0 Å². The second kappa shape index (κ2) is 5.87. The van der Waals surface area contributed by atoms with E-state index < -0.39 is 0 Å². The SMILES string of the molecule is COc1cc(OCc2nnn(C)n2)cc(/C(N)=N/O)c1. The standard InChI is InChI=1S/C11H14N6O3/c1-17-14-10(13-16-17)6-20-9-4-7(11(12)15-18)3-8(5-9)19-2/h3-5,18H,6H2,1-2H3,(H2,12,15). The quantitative estimate of drug-likeness (QED) is 0.339. The van der Waals surface area contributed by atoms with Crippen LogP contribution in [0, 0.1) is 0 Å². The van der Waals surface area contributed by atoms with Crippen LogP contribution in [-0.2, 0) is 13.7 Å². The first-order chi connectivity index (χ1) is 9.62. The monoisotopic (exact) mass is 278 g/mol. The molecule has 20 heavy (non-hydrogen) atoms. The van der Waals surface area contributed by atoms with E-state index in [2.05, 4.69) is 20.6 Å². The summed E-state index contributed by atoms with van der Waals surface area (Å²) in [6, 6.07) is 4.92. The van der Waals surface area contributed by atoms with E-state index in [1.54, 1.807) is 25.2 Å². The largest absolute Gasteiger partial charge is 0.497 e. The maximum absolute atomic E-state index is 8.70. The predicted molar refractivity (Wildman–Crippen MR) is 68.6 cm³/mol. The van der Waals surface area contributed by atoms with Gasteiger partial charge in [-0.3, -0.25) is 0 Å². The fourth-order valence-corrected chi connectivity index (χ4v) is 1.51. The third-order valence-electron chi connectivity index (χ3n) is 2.44. The molecule has 0 atom stereocenters. The van der Waals surface area contributed by atoms with Gasteiger partial charge in [0.15, 0.2) is 12.4 Å². The number of aryl methyl sites for hydroxylation is 1. The van der Waals surface area contributed by atoms with Gasteiger partial charge in [-0.1, -0.05) is 5.16 Å². The predicted octanol–water partition coefficient (Wildman–Crippen LogP) is -0.108. The Labute approximate surface area is 114 Å². The Morgan fingerprint density at radius 2 is 2.15 bits per heavy atom. The van der Waals surface area contributed by atoms with Crippen LogP contribution in [0.3, 0.4) is 0 Å². The number of nitrogens with zero attached hydrogens (tertiary/aromatic N) is 5. The van der Waals surface area contributed by atoms with Crippen LogP contribution in [-0.4, -0.2) is 38.4 Å². The number of tetrazole rings is 1. The van der Waals surface area contributed by atoms with Gasteiger partial charge < -0.3 is 20.4 Å². The van der Waals surface area contributed by atoms with Crippen LogP contribution in [0.4, 0.5) is 0 Å². The number of hydrogen-bond donors (Lipinski definition) is 2. The summed E-state index contributed by atoms with van der Waals surface area (Å²) in [6.45, 7) is 0.149. The highest BCUT2D eigenvalue weighted by Gasteiger charge is 2.08. The molecule has 1 aromatic heterocycles. The zero-order valence-corrected chi connectivity index (χ0v) is 11.0. The molecule has 0 aliphatic heterocycles. The number of nitrogens with two attached hydrogens (primary N) is 1. The van der Waals surface area contributed by atoms with Crippen molar-refractivity contribution in [3.05, 3.63) is 29.6 Å². The first-order valence-electron chi connectivity index (χ1n) is 5.65. The van der Waals surface area contributed by atoms with E-state index in [4.69, 9.17) is 20.4 Å². The molecule has 9 nitrogen and oxygen atoms in total. The minimum absolute atomic E-state index is 0.0358. The highest BCUT2D eigenvalue weighted by Crippen LogP contribution is 2.23. The van der Waals surface area contributed by atoms with Crippen LogP contribution in [0.2, 0.25) is 0 Å². The van der Waals surface area contributed by atoms with Gasteiger partial charge in [-0.25, -0.2) is 0 Å². The molecule has 0 aliphatic carbocycles. The van der Waals surface area contributed by atoms with E-state index in [0.717, 1.165) is 0 Å². The van der Waals surface area contributed by atoms with Crippen molar-refractivity contribution in [3.63, 3.8) is 0 Å². The zero-order chi connectivity index (χ0) is 14.5. The smallest absolute Gasteiger partial charge is 0.212 e. The first-order valence-corrected chi connectivity index (χ1v) is 5.65. The molecule has 9 heteroatoms. The van der Waals surface area contributed by atoms with Crippen molar-refractivity contribution < 1.29 is 14.7 Å². The van der Waals surface area contributed by atoms with Crippen molar-refractivity contribution in [2.45, 2.75) is 6.61 Å². The van der Waals surface area contributed by atoms with Crippen LogP contribution < -0.4 is 15.2 Å². The van der Waals surface area contributed by atoms with Crippen molar-refractivity contribution in [2.75, 3.05) is 7.11 Å². The summed E-state index contributed by atoms with van der Waals surface area (Å²) in [7, 11) is 3.18. The van der Waals surface area contributed by atoms with Gasteiger partial charge >= 0.3 is 0 Å². The Kier molecular flexibility index (Phi) is 3.99. The molecule has 2 aromatic rings. The molecule has 0 fully saturated rings. The third-order valence-corrected chi connectivity index (χ3v) is 2.44. The van der Waals surface area contributed by atoms with Gasteiger partial charge in [-0.2, -0.15) is 4.80 Å². The van der Waals surface area contributed by atoms with E-state index in [9.17, 15) is 0 Å². The lowest BCUT2D eigenvalue weighted by molar-refractivity contribution is 0.293. The van der Waals surface area contributed by atoms with Crippen molar-refractivity contribution in [3.8, 4) is 11.5 Å². The number of ether oxygens (including phenoxy) is 2. The number of methoxy groups -OCH3 is 1. The summed E-state index contributed by atoms with van der Waals surface area (Å²) in [5.74, 6) is 1.42. The lowest BCUT2D eigenvalue weighted by Gasteiger charge is -2.08. The van der Waals surface area contributed by atoms with Gasteiger partial charge in [-0.15, -0.1) is 10.2 Å². The molecule has 1 aromatic carbocycles. The molecule has 3 N–H and O–H groups in total. The zero-order valence-electron chi connectivity index (χ0n) is 11.0. The highest BCUT2D eigenvalue weighted by atomic mass is 16.5. The van der Waals surface area contributed by atoms with Gasteiger partial charge in [-0.05, 0) is 17.3 Å². The van der Waals surface area contributed by atoms with E-state index in [-0.39, 0.29) is 12.4 Å². The van der Waals surface area contributed by atoms with Gasteiger partial charge in [0.1, 0.15) is 11.5 Å². The number of aromatic nitrogens is 4. The van der Waals surface area contributed by atoms with Crippen LogP contribution in [0.1, 0.15) is 11.4 Å². The number of amidine groups is 1. The summed E-state index contributed by atoms with van der Waals surface area (Å²) >= 11 is 0. The minimum Gasteiger partial charge on any atom is -0.497 e. The van der Waals surface area contributed by atoms with Crippen LogP contribution in [0.25, 0.3) is 0 Å². The van der Waals surface area contributed by atoms with Crippen molar-refractivity contribution >= 4 is 5.84 Å². The summed E-state index contributed by atoms with van der Waals surface area (Å²) < 4.78 is 10.7. The third kappa shape index (κ3) is 3.13. The normalized spacial score (nSPS) is 11.4. The average molecular weight is 278 g/mol. The molecular weight excluding hydrogens is 264 g/mol. The number of hydrogen-bond acceptors (Lipinski definition) is 7. The second-order valence-electron chi connectivity index (χ2n) is 3.87. The average Bonchev–Trinajstić information content (AvgIpc) is 2.89. The molecule has 2 rings (SSSR count). The lowest BCUT2D eigenvalue weighted by Crippen LogP contribution is -2.13. The molecule has 0 spiro atoms. The molecule has 0 saturated heterocycles. The van der Waals surface area contributed by atoms with Crippen LogP contribution in [0.5, 0.6) is 11.5 Å². The molecule has 1 heterocycles. The maximum Gasteiger partial charge on any atom is 0.212 e. The molecule has 106 valence electrons. The Morgan fingerprint density at radius 1 is 1.40 bits per heavy atom. The number of rotatable bonds is 5. The Bertz CT molecular complexity index is 624. The molecule has 0 bridgehead atoms. The molecule has 0 radical (unpaired) electrons.